The van der Waals surface area contributed by atoms with Gasteiger partial charge in [0, 0.05) is 4.47 Å². The van der Waals surface area contributed by atoms with Gasteiger partial charge in [-0.1, -0.05) is 12.1 Å². The number of sulfonamides is 1. The van der Waals surface area contributed by atoms with Crippen molar-refractivity contribution in [3.63, 3.8) is 0 Å². The Kier molecular flexibility index (Phi) is 3.82. The first-order valence-electron chi connectivity index (χ1n) is 4.03. The van der Waals surface area contributed by atoms with E-state index in [0.717, 1.165) is 4.72 Å². The lowest BCUT2D eigenvalue weighted by Gasteiger charge is -2.09. The first kappa shape index (κ1) is 14.0. The molecule has 0 radical (unpaired) electrons. The smallest absolute Gasteiger partial charge is 0.268 e. The number of hydrogen-bond acceptors (Lipinski definition) is 3. The molecule has 17 heavy (non-hydrogen) atoms. The van der Waals surface area contributed by atoms with Gasteiger partial charge in [-0.3, -0.25) is 4.79 Å². The monoisotopic (exact) mass is 331 g/mol. The van der Waals surface area contributed by atoms with Gasteiger partial charge in [-0.25, -0.2) is 4.72 Å². The lowest BCUT2D eigenvalue weighted by molar-refractivity contribution is -0.0446. The van der Waals surface area contributed by atoms with E-state index in [2.05, 4.69) is 15.9 Å². The van der Waals surface area contributed by atoms with Crippen molar-refractivity contribution >= 4 is 31.9 Å². The SMILES string of the molecule is O=C(NS(=O)(=O)C(F)(F)F)c1ccccc1Br. The van der Waals surface area contributed by atoms with Gasteiger partial charge < -0.3 is 0 Å². The summed E-state index contributed by atoms with van der Waals surface area (Å²) in [5.41, 5.74) is -5.73. The quantitative estimate of drug-likeness (QED) is 0.901. The Morgan fingerprint density at radius 1 is 1.24 bits per heavy atom. The van der Waals surface area contributed by atoms with E-state index in [1.165, 1.54) is 24.3 Å². The number of halogens is 4. The van der Waals surface area contributed by atoms with Crippen molar-refractivity contribution in [2.24, 2.45) is 0 Å². The van der Waals surface area contributed by atoms with Crippen LogP contribution < -0.4 is 4.72 Å². The largest absolute Gasteiger partial charge is 0.516 e. The Labute approximate surface area is 103 Å². The van der Waals surface area contributed by atoms with E-state index in [0.29, 0.717) is 0 Å². The maximum absolute atomic E-state index is 12.0. The molecule has 0 unspecified atom stereocenters. The average Bonchev–Trinajstić information content (AvgIpc) is 2.15. The van der Waals surface area contributed by atoms with Gasteiger partial charge in [0.2, 0.25) is 0 Å². The van der Waals surface area contributed by atoms with Gasteiger partial charge in [0.15, 0.2) is 0 Å². The minimum absolute atomic E-state index is 0.190. The molecule has 0 aliphatic carbocycles. The van der Waals surface area contributed by atoms with E-state index in [1.807, 2.05) is 0 Å². The second-order valence-electron chi connectivity index (χ2n) is 2.86. The fourth-order valence-corrected chi connectivity index (χ4v) is 1.81. The number of carbonyl (C=O) groups excluding carboxylic acids is 1. The predicted octanol–water partition coefficient (Wildman–Crippen LogP) is 2.03. The summed E-state index contributed by atoms with van der Waals surface area (Å²) in [6, 6.07) is 5.50. The van der Waals surface area contributed by atoms with Crippen LogP contribution in [-0.4, -0.2) is 19.8 Å². The fraction of sp³-hybridized carbons (Fsp3) is 0.125. The van der Waals surface area contributed by atoms with Crippen molar-refractivity contribution in [3.05, 3.63) is 34.3 Å². The third-order valence-electron chi connectivity index (χ3n) is 1.65. The molecule has 0 fully saturated rings. The first-order chi connectivity index (χ1) is 7.65. The molecule has 1 N–H and O–H groups in total. The Balaban J connectivity index is 3.00. The number of alkyl halides is 3. The van der Waals surface area contributed by atoms with E-state index in [-0.39, 0.29) is 10.0 Å². The molecule has 0 aromatic heterocycles. The zero-order valence-electron chi connectivity index (χ0n) is 7.95. The minimum Gasteiger partial charge on any atom is -0.268 e. The summed E-state index contributed by atoms with van der Waals surface area (Å²) in [4.78, 5) is 11.3. The molecule has 0 aliphatic heterocycles. The van der Waals surface area contributed by atoms with Crippen LogP contribution in [0.2, 0.25) is 0 Å². The zero-order valence-corrected chi connectivity index (χ0v) is 10.4. The molecule has 0 heterocycles. The van der Waals surface area contributed by atoms with E-state index >= 15 is 0 Å². The second-order valence-corrected chi connectivity index (χ2v) is 5.39. The zero-order chi connectivity index (χ0) is 13.3. The molecule has 1 rings (SSSR count). The first-order valence-corrected chi connectivity index (χ1v) is 6.31. The summed E-state index contributed by atoms with van der Waals surface area (Å²) in [5.74, 6) is -1.35. The standard InChI is InChI=1S/C8H5BrF3NO3S/c9-6-4-2-1-3-5(6)7(14)13-17(15,16)8(10,11)12/h1-4H,(H,13,14). The third kappa shape index (κ3) is 3.19. The Morgan fingerprint density at radius 2 is 1.76 bits per heavy atom. The van der Waals surface area contributed by atoms with Crippen LogP contribution >= 0.6 is 15.9 Å². The van der Waals surface area contributed by atoms with Crippen molar-refractivity contribution in [1.82, 2.24) is 4.72 Å². The highest BCUT2D eigenvalue weighted by Crippen LogP contribution is 2.23. The maximum atomic E-state index is 12.0. The lowest BCUT2D eigenvalue weighted by atomic mass is 10.2. The summed E-state index contributed by atoms with van der Waals surface area (Å²) >= 11 is 2.92. The number of carbonyl (C=O) groups is 1. The Morgan fingerprint density at radius 3 is 2.24 bits per heavy atom. The lowest BCUT2D eigenvalue weighted by Crippen LogP contribution is -2.40. The van der Waals surface area contributed by atoms with Gasteiger partial charge >= 0.3 is 15.5 Å². The van der Waals surface area contributed by atoms with Crippen LogP contribution in [0.4, 0.5) is 13.2 Å². The summed E-state index contributed by atoms with van der Waals surface area (Å²) < 4.78 is 58.5. The van der Waals surface area contributed by atoms with E-state index < -0.39 is 21.4 Å². The number of nitrogens with one attached hydrogen (secondary N) is 1. The van der Waals surface area contributed by atoms with Crippen LogP contribution in [-0.2, 0) is 10.0 Å². The molecular formula is C8H5BrF3NO3S. The molecule has 9 heteroatoms. The molecule has 0 atom stereocenters. The normalized spacial score (nSPS) is 12.2. The number of hydrogen-bond donors (Lipinski definition) is 1. The summed E-state index contributed by atoms with van der Waals surface area (Å²) in [5, 5.41) is 0. The fourth-order valence-electron chi connectivity index (χ4n) is 0.880. The minimum atomic E-state index is -5.68. The number of rotatable bonds is 2. The molecule has 1 aromatic rings. The summed E-state index contributed by atoms with van der Waals surface area (Å²) in [6.45, 7) is 0. The van der Waals surface area contributed by atoms with Crippen molar-refractivity contribution in [3.8, 4) is 0 Å². The highest BCUT2D eigenvalue weighted by atomic mass is 79.9. The number of amides is 1. The van der Waals surface area contributed by atoms with Crippen molar-refractivity contribution in [2.45, 2.75) is 5.51 Å². The van der Waals surface area contributed by atoms with Crippen molar-refractivity contribution < 1.29 is 26.4 Å². The van der Waals surface area contributed by atoms with Crippen LogP contribution in [0.1, 0.15) is 10.4 Å². The van der Waals surface area contributed by atoms with Crippen molar-refractivity contribution in [1.29, 1.82) is 0 Å². The van der Waals surface area contributed by atoms with Crippen LogP contribution in [0.3, 0.4) is 0 Å². The molecule has 0 spiro atoms. The molecule has 4 nitrogen and oxygen atoms in total. The van der Waals surface area contributed by atoms with Crippen LogP contribution in [0.5, 0.6) is 0 Å². The van der Waals surface area contributed by atoms with Gasteiger partial charge in [-0.05, 0) is 28.1 Å². The summed E-state index contributed by atoms with van der Waals surface area (Å²) in [6.07, 6.45) is 0. The molecule has 1 amide bonds. The highest BCUT2D eigenvalue weighted by Gasteiger charge is 2.47. The average molecular weight is 332 g/mol. The molecule has 94 valence electrons. The molecule has 0 aliphatic rings. The van der Waals surface area contributed by atoms with Gasteiger partial charge in [0.05, 0.1) is 5.56 Å². The maximum Gasteiger partial charge on any atom is 0.516 e. The molecular weight excluding hydrogens is 327 g/mol. The Hall–Kier alpha value is -1.09. The van der Waals surface area contributed by atoms with Crippen molar-refractivity contribution in [2.75, 3.05) is 0 Å². The summed E-state index contributed by atoms with van der Waals surface area (Å²) in [7, 11) is -5.68. The van der Waals surface area contributed by atoms with E-state index in [9.17, 15) is 26.4 Å². The van der Waals surface area contributed by atoms with Gasteiger partial charge in [0.25, 0.3) is 5.91 Å². The van der Waals surface area contributed by atoms with Crippen LogP contribution in [0.25, 0.3) is 0 Å². The molecule has 1 aromatic carbocycles. The number of benzene rings is 1. The molecule has 0 bridgehead atoms. The van der Waals surface area contributed by atoms with E-state index in [4.69, 9.17) is 0 Å². The molecule has 0 saturated carbocycles. The predicted molar refractivity (Wildman–Crippen MR) is 56.6 cm³/mol. The van der Waals surface area contributed by atoms with E-state index in [1.54, 1.807) is 0 Å². The Bertz CT molecular complexity index is 541. The van der Waals surface area contributed by atoms with Gasteiger partial charge in [0.1, 0.15) is 0 Å². The van der Waals surface area contributed by atoms with Crippen LogP contribution in [0, 0.1) is 0 Å². The molecule has 0 saturated heterocycles. The van der Waals surface area contributed by atoms with Crippen LogP contribution in [0.15, 0.2) is 28.7 Å². The van der Waals surface area contributed by atoms with Gasteiger partial charge in [-0.15, -0.1) is 0 Å². The third-order valence-corrected chi connectivity index (χ3v) is 3.41. The topological polar surface area (TPSA) is 63.2 Å². The van der Waals surface area contributed by atoms with Gasteiger partial charge in [-0.2, -0.15) is 21.6 Å². The highest BCUT2D eigenvalue weighted by molar-refractivity contribution is 9.10. The second kappa shape index (κ2) is 4.65.